The van der Waals surface area contributed by atoms with Crippen molar-refractivity contribution in [1.29, 1.82) is 0 Å². The highest BCUT2D eigenvalue weighted by Gasteiger charge is 2.30. The molecule has 1 N–H and O–H groups in total. The van der Waals surface area contributed by atoms with Crippen LogP contribution in [0.15, 0.2) is 24.3 Å². The fourth-order valence-corrected chi connectivity index (χ4v) is 4.15. The Kier molecular flexibility index (Phi) is 6.48. The van der Waals surface area contributed by atoms with Crippen LogP contribution in [0.3, 0.4) is 0 Å². The maximum atomic E-state index is 12.3. The van der Waals surface area contributed by atoms with Crippen LogP contribution in [0.4, 0.5) is 0 Å². The van der Waals surface area contributed by atoms with E-state index in [1.165, 1.54) is 9.87 Å². The van der Waals surface area contributed by atoms with Gasteiger partial charge in [-0.1, -0.05) is 32.9 Å². The molecule has 0 bridgehead atoms. The van der Waals surface area contributed by atoms with Gasteiger partial charge in [-0.15, -0.1) is 0 Å². The van der Waals surface area contributed by atoms with Crippen molar-refractivity contribution < 1.29 is 17.9 Å². The topological polar surface area (TPSA) is 67.9 Å². The van der Waals surface area contributed by atoms with Gasteiger partial charge in [-0.3, -0.25) is 0 Å². The van der Waals surface area contributed by atoms with Gasteiger partial charge in [0.2, 0.25) is 0 Å². The Labute approximate surface area is 151 Å². The minimum atomic E-state index is -3.51. The van der Waals surface area contributed by atoms with Crippen molar-refractivity contribution >= 4 is 10.2 Å². The monoisotopic (exact) mass is 370 g/mol. The van der Waals surface area contributed by atoms with Crippen LogP contribution < -0.4 is 9.46 Å². The molecule has 2 unspecified atom stereocenters. The SMILES string of the molecule is CC1CN(S(=O)(=O)NCCOc2ccc(C(C)(C)C)cc2)CC(C)O1. The smallest absolute Gasteiger partial charge is 0.279 e. The van der Waals surface area contributed by atoms with Gasteiger partial charge < -0.3 is 9.47 Å². The summed E-state index contributed by atoms with van der Waals surface area (Å²) >= 11 is 0. The van der Waals surface area contributed by atoms with Crippen molar-refractivity contribution in [3.05, 3.63) is 29.8 Å². The van der Waals surface area contributed by atoms with Crippen molar-refractivity contribution in [2.75, 3.05) is 26.2 Å². The molecular formula is C18H30N2O4S. The molecule has 0 amide bonds. The second-order valence-corrected chi connectivity index (χ2v) is 9.35. The number of nitrogens with zero attached hydrogens (tertiary/aromatic N) is 1. The van der Waals surface area contributed by atoms with Crippen molar-refractivity contribution in [3.63, 3.8) is 0 Å². The van der Waals surface area contributed by atoms with Gasteiger partial charge in [0.25, 0.3) is 10.2 Å². The molecule has 25 heavy (non-hydrogen) atoms. The standard InChI is InChI=1S/C18H30N2O4S/c1-14-12-20(13-15(2)24-14)25(21,22)19-10-11-23-17-8-6-16(7-9-17)18(3,4)5/h6-9,14-15,19H,10-13H2,1-5H3. The number of ether oxygens (including phenoxy) is 2. The third-order valence-corrected chi connectivity index (χ3v) is 5.65. The third-order valence-electron chi connectivity index (χ3n) is 4.10. The predicted molar refractivity (Wildman–Crippen MR) is 99.1 cm³/mol. The number of hydrogen-bond acceptors (Lipinski definition) is 4. The Morgan fingerprint density at radius 2 is 1.72 bits per heavy atom. The van der Waals surface area contributed by atoms with Crippen LogP contribution in [0.5, 0.6) is 5.75 Å². The van der Waals surface area contributed by atoms with Crippen LogP contribution in [0.2, 0.25) is 0 Å². The Bertz CT molecular complexity index is 643. The first-order chi connectivity index (χ1) is 11.6. The van der Waals surface area contributed by atoms with Crippen molar-refractivity contribution in [2.24, 2.45) is 0 Å². The zero-order valence-electron chi connectivity index (χ0n) is 15.8. The molecule has 0 aromatic heterocycles. The van der Waals surface area contributed by atoms with E-state index in [-0.39, 0.29) is 30.8 Å². The molecule has 0 saturated carbocycles. The van der Waals surface area contributed by atoms with E-state index in [0.717, 1.165) is 5.75 Å². The highest BCUT2D eigenvalue weighted by molar-refractivity contribution is 7.87. The largest absolute Gasteiger partial charge is 0.492 e. The minimum absolute atomic E-state index is 0.0978. The van der Waals surface area contributed by atoms with Crippen LogP contribution in [-0.2, 0) is 20.4 Å². The number of rotatable bonds is 6. The molecule has 0 spiro atoms. The molecule has 7 heteroatoms. The number of nitrogens with one attached hydrogen (secondary N) is 1. The highest BCUT2D eigenvalue weighted by atomic mass is 32.2. The molecule has 1 aromatic carbocycles. The molecule has 6 nitrogen and oxygen atoms in total. The summed E-state index contributed by atoms with van der Waals surface area (Å²) in [6.07, 6.45) is -0.198. The lowest BCUT2D eigenvalue weighted by Crippen LogP contribution is -2.52. The fourth-order valence-electron chi connectivity index (χ4n) is 2.81. The molecule has 1 heterocycles. The molecule has 2 atom stereocenters. The van der Waals surface area contributed by atoms with Crippen LogP contribution in [0.1, 0.15) is 40.2 Å². The highest BCUT2D eigenvalue weighted by Crippen LogP contribution is 2.24. The Morgan fingerprint density at radius 3 is 2.24 bits per heavy atom. The van der Waals surface area contributed by atoms with Crippen molar-refractivity contribution in [2.45, 2.75) is 52.2 Å². The first-order valence-electron chi connectivity index (χ1n) is 8.71. The number of hydrogen-bond donors (Lipinski definition) is 1. The summed E-state index contributed by atoms with van der Waals surface area (Å²) in [5.41, 5.74) is 1.33. The summed E-state index contributed by atoms with van der Waals surface area (Å²) in [6.45, 7) is 11.5. The van der Waals surface area contributed by atoms with E-state index >= 15 is 0 Å². The van der Waals surface area contributed by atoms with Crippen LogP contribution >= 0.6 is 0 Å². The molecule has 1 aliphatic rings. The van der Waals surface area contributed by atoms with Crippen molar-refractivity contribution in [1.82, 2.24) is 9.03 Å². The molecule has 1 fully saturated rings. The summed E-state index contributed by atoms with van der Waals surface area (Å²) in [4.78, 5) is 0. The minimum Gasteiger partial charge on any atom is -0.492 e. The van der Waals surface area contributed by atoms with Gasteiger partial charge in [0.05, 0.1) is 12.2 Å². The lowest BCUT2D eigenvalue weighted by molar-refractivity contribution is -0.0444. The average molecular weight is 371 g/mol. The Morgan fingerprint density at radius 1 is 1.16 bits per heavy atom. The van der Waals surface area contributed by atoms with Gasteiger partial charge in [0.1, 0.15) is 12.4 Å². The molecule has 1 saturated heterocycles. The first-order valence-corrected chi connectivity index (χ1v) is 10.2. The van der Waals surface area contributed by atoms with Gasteiger partial charge in [0, 0.05) is 19.6 Å². The summed E-state index contributed by atoms with van der Waals surface area (Å²) < 4.78 is 39.9. The average Bonchev–Trinajstić information content (AvgIpc) is 2.50. The van der Waals surface area contributed by atoms with Gasteiger partial charge in [-0.05, 0) is 37.0 Å². The van der Waals surface area contributed by atoms with E-state index in [0.29, 0.717) is 13.1 Å². The second-order valence-electron chi connectivity index (χ2n) is 7.60. The maximum Gasteiger partial charge on any atom is 0.279 e. The second kappa shape index (κ2) is 8.03. The molecule has 0 aliphatic carbocycles. The van der Waals surface area contributed by atoms with Crippen LogP contribution in [-0.4, -0.2) is 51.2 Å². The molecule has 0 radical (unpaired) electrons. The van der Waals surface area contributed by atoms with Crippen LogP contribution in [0.25, 0.3) is 0 Å². The maximum absolute atomic E-state index is 12.3. The zero-order valence-corrected chi connectivity index (χ0v) is 16.6. The number of morpholine rings is 1. The molecule has 2 rings (SSSR count). The summed E-state index contributed by atoms with van der Waals surface area (Å²) in [5, 5.41) is 0. The van der Waals surface area contributed by atoms with E-state index in [2.05, 4.69) is 25.5 Å². The first kappa shape index (κ1) is 20.2. The Balaban J connectivity index is 1.80. The van der Waals surface area contributed by atoms with E-state index in [4.69, 9.17) is 9.47 Å². The fraction of sp³-hybridized carbons (Fsp3) is 0.667. The molecule has 1 aliphatic heterocycles. The normalized spacial score (nSPS) is 22.8. The van der Waals surface area contributed by atoms with E-state index < -0.39 is 10.2 Å². The van der Waals surface area contributed by atoms with Gasteiger partial charge in [-0.25, -0.2) is 0 Å². The third kappa shape index (κ3) is 5.95. The van der Waals surface area contributed by atoms with E-state index in [1.54, 1.807) is 0 Å². The predicted octanol–water partition coefficient (Wildman–Crippen LogP) is 2.31. The Hall–Kier alpha value is -1.15. The summed E-state index contributed by atoms with van der Waals surface area (Å²) in [5.74, 6) is 0.737. The van der Waals surface area contributed by atoms with Crippen LogP contribution in [0, 0.1) is 0 Å². The zero-order chi connectivity index (χ0) is 18.7. The van der Waals surface area contributed by atoms with E-state index in [9.17, 15) is 8.42 Å². The lowest BCUT2D eigenvalue weighted by Gasteiger charge is -2.34. The summed E-state index contributed by atoms with van der Waals surface area (Å²) in [7, 11) is -3.51. The van der Waals surface area contributed by atoms with Gasteiger partial charge >= 0.3 is 0 Å². The van der Waals surface area contributed by atoms with Crippen molar-refractivity contribution in [3.8, 4) is 5.75 Å². The van der Waals surface area contributed by atoms with Gasteiger partial charge in [0.15, 0.2) is 0 Å². The van der Waals surface area contributed by atoms with E-state index in [1.807, 2.05) is 38.1 Å². The number of benzene rings is 1. The molecule has 142 valence electrons. The molecular weight excluding hydrogens is 340 g/mol. The summed E-state index contributed by atoms with van der Waals surface area (Å²) in [6, 6.07) is 7.91. The lowest BCUT2D eigenvalue weighted by atomic mass is 9.87. The quantitative estimate of drug-likeness (QED) is 0.780. The van der Waals surface area contributed by atoms with Gasteiger partial charge in [-0.2, -0.15) is 17.4 Å². The molecule has 1 aromatic rings.